The molecule has 2 rings (SSSR count). The number of carboxylic acid groups (broad SMARTS) is 1. The molecule has 0 spiro atoms. The van der Waals surface area contributed by atoms with E-state index in [0.717, 1.165) is 5.56 Å². The number of rotatable bonds is 4. The van der Waals surface area contributed by atoms with Crippen molar-refractivity contribution in [3.8, 4) is 0 Å². The number of hydrogen-bond acceptors (Lipinski definition) is 4. The third-order valence-corrected chi connectivity index (χ3v) is 5.39. The topological polar surface area (TPSA) is 83.9 Å². The molecule has 1 aliphatic rings. The van der Waals surface area contributed by atoms with Gasteiger partial charge in [0.1, 0.15) is 0 Å². The number of amides is 1. The van der Waals surface area contributed by atoms with Crippen LogP contribution in [-0.4, -0.2) is 43.7 Å². The maximum absolute atomic E-state index is 12.2. The average molecular weight is 341 g/mol. The van der Waals surface area contributed by atoms with E-state index in [1.54, 1.807) is 12.1 Å². The Morgan fingerprint density at radius 1 is 1.30 bits per heavy atom. The van der Waals surface area contributed by atoms with Gasteiger partial charge in [0.25, 0.3) is 10.1 Å². The predicted octanol–water partition coefficient (Wildman–Crippen LogP) is 2.72. The first-order valence-corrected chi connectivity index (χ1v) is 8.89. The Kier molecular flexibility index (Phi) is 4.73. The lowest BCUT2D eigenvalue weighted by Gasteiger charge is -2.52. The van der Waals surface area contributed by atoms with Crippen molar-refractivity contribution in [1.82, 2.24) is 4.90 Å². The van der Waals surface area contributed by atoms with Crippen LogP contribution in [0.1, 0.15) is 26.3 Å². The van der Waals surface area contributed by atoms with Crippen molar-refractivity contribution in [2.75, 3.05) is 13.2 Å². The lowest BCUT2D eigenvalue weighted by atomic mass is 9.73. The smallest absolute Gasteiger partial charge is 0.407 e. The summed E-state index contributed by atoms with van der Waals surface area (Å²) in [5.41, 5.74) is 0.686. The van der Waals surface area contributed by atoms with E-state index in [4.69, 9.17) is 4.18 Å². The highest BCUT2D eigenvalue weighted by molar-refractivity contribution is 7.86. The van der Waals surface area contributed by atoms with Crippen molar-refractivity contribution in [1.29, 1.82) is 0 Å². The lowest BCUT2D eigenvalue weighted by molar-refractivity contribution is -0.0503. The molecule has 0 saturated carbocycles. The summed E-state index contributed by atoms with van der Waals surface area (Å²) < 4.78 is 29.6. The van der Waals surface area contributed by atoms with Gasteiger partial charge < -0.3 is 10.0 Å². The van der Waals surface area contributed by atoms with Gasteiger partial charge in [-0.05, 0) is 24.5 Å². The molecule has 0 radical (unpaired) electrons. The van der Waals surface area contributed by atoms with Crippen LogP contribution in [0.15, 0.2) is 29.2 Å². The van der Waals surface area contributed by atoms with Crippen LogP contribution in [0.4, 0.5) is 4.79 Å². The minimum atomic E-state index is -3.82. The maximum Gasteiger partial charge on any atom is 0.407 e. The molecule has 0 aromatic heterocycles. The molecule has 6 nitrogen and oxygen atoms in total. The SMILES string of the molecule is Cc1ccc(S(=O)(=O)OCC2CN(C(=O)O)C2C(C)(C)C)cc1. The Balaban J connectivity index is 2.05. The fraction of sp³-hybridized carbons (Fsp3) is 0.562. The average Bonchev–Trinajstić information content (AvgIpc) is 2.35. The quantitative estimate of drug-likeness (QED) is 0.851. The van der Waals surface area contributed by atoms with Gasteiger partial charge in [-0.3, -0.25) is 4.18 Å². The zero-order valence-corrected chi connectivity index (χ0v) is 14.6. The number of benzene rings is 1. The second kappa shape index (κ2) is 6.13. The summed E-state index contributed by atoms with van der Waals surface area (Å²) >= 11 is 0. The summed E-state index contributed by atoms with van der Waals surface area (Å²) in [6.45, 7) is 7.97. The van der Waals surface area contributed by atoms with Gasteiger partial charge in [-0.25, -0.2) is 4.79 Å². The van der Waals surface area contributed by atoms with Crippen molar-refractivity contribution in [2.24, 2.45) is 11.3 Å². The molecule has 1 N–H and O–H groups in total. The fourth-order valence-electron chi connectivity index (χ4n) is 3.05. The number of nitrogens with zero attached hydrogens (tertiary/aromatic N) is 1. The van der Waals surface area contributed by atoms with Gasteiger partial charge in [-0.2, -0.15) is 8.42 Å². The molecule has 1 heterocycles. The monoisotopic (exact) mass is 341 g/mol. The number of carbonyl (C=O) groups is 1. The normalized spacial score (nSPS) is 21.8. The standard InChI is InChI=1S/C16H23NO5S/c1-11-5-7-13(8-6-11)23(20,21)22-10-12-9-17(15(18)19)14(12)16(2,3)4/h5-8,12,14H,9-10H2,1-4H3,(H,18,19). The highest BCUT2D eigenvalue weighted by Crippen LogP contribution is 2.38. The van der Waals surface area contributed by atoms with Gasteiger partial charge in [0.2, 0.25) is 0 Å². The van der Waals surface area contributed by atoms with Gasteiger partial charge in [-0.15, -0.1) is 0 Å². The Hall–Kier alpha value is -1.60. The molecule has 2 atom stereocenters. The number of hydrogen-bond donors (Lipinski definition) is 1. The molecule has 23 heavy (non-hydrogen) atoms. The second-order valence-electron chi connectivity index (χ2n) is 7.06. The summed E-state index contributed by atoms with van der Waals surface area (Å²) in [5, 5.41) is 9.18. The lowest BCUT2D eigenvalue weighted by Crippen LogP contribution is -2.64. The Labute approximate surface area is 137 Å². The van der Waals surface area contributed by atoms with Crippen LogP contribution >= 0.6 is 0 Å². The third-order valence-electron chi connectivity index (χ3n) is 4.09. The Morgan fingerprint density at radius 3 is 2.35 bits per heavy atom. The van der Waals surface area contributed by atoms with Crippen LogP contribution in [0, 0.1) is 18.3 Å². The number of likely N-dealkylation sites (tertiary alicyclic amines) is 1. The first-order valence-electron chi connectivity index (χ1n) is 7.48. The van der Waals surface area contributed by atoms with Crippen molar-refractivity contribution in [2.45, 2.75) is 38.6 Å². The van der Waals surface area contributed by atoms with E-state index in [2.05, 4.69) is 0 Å². The maximum atomic E-state index is 12.2. The van der Waals surface area contributed by atoms with E-state index >= 15 is 0 Å². The van der Waals surface area contributed by atoms with Gasteiger partial charge in [0.15, 0.2) is 0 Å². The van der Waals surface area contributed by atoms with E-state index in [0.29, 0.717) is 6.54 Å². The summed E-state index contributed by atoms with van der Waals surface area (Å²) in [5.74, 6) is -0.133. The van der Waals surface area contributed by atoms with Crippen LogP contribution < -0.4 is 0 Å². The molecular weight excluding hydrogens is 318 g/mol. The largest absolute Gasteiger partial charge is 0.465 e. The van der Waals surface area contributed by atoms with Crippen molar-refractivity contribution in [3.63, 3.8) is 0 Å². The molecule has 1 aliphatic heterocycles. The molecule has 0 aliphatic carbocycles. The predicted molar refractivity (Wildman–Crippen MR) is 85.8 cm³/mol. The Bertz CT molecular complexity index is 675. The molecule has 1 fully saturated rings. The van der Waals surface area contributed by atoms with Crippen molar-refractivity contribution in [3.05, 3.63) is 29.8 Å². The van der Waals surface area contributed by atoms with Crippen LogP contribution in [0.25, 0.3) is 0 Å². The molecule has 1 aromatic carbocycles. The molecule has 0 bridgehead atoms. The third kappa shape index (κ3) is 3.84. The molecule has 1 amide bonds. The first kappa shape index (κ1) is 17.7. The van der Waals surface area contributed by atoms with E-state index in [1.807, 2.05) is 27.7 Å². The number of aryl methyl sites for hydroxylation is 1. The molecule has 1 saturated heterocycles. The first-order chi connectivity index (χ1) is 10.5. The van der Waals surface area contributed by atoms with E-state index < -0.39 is 16.2 Å². The molecular formula is C16H23NO5S. The molecule has 1 aromatic rings. The summed E-state index contributed by atoms with van der Waals surface area (Å²) in [6.07, 6.45) is -0.984. The highest BCUT2D eigenvalue weighted by atomic mass is 32.2. The zero-order chi connectivity index (χ0) is 17.4. The molecule has 7 heteroatoms. The van der Waals surface area contributed by atoms with Crippen LogP contribution in [-0.2, 0) is 14.3 Å². The van der Waals surface area contributed by atoms with Crippen LogP contribution in [0.5, 0.6) is 0 Å². The fourth-order valence-corrected chi connectivity index (χ4v) is 4.01. The molecule has 2 unspecified atom stereocenters. The van der Waals surface area contributed by atoms with Crippen LogP contribution in [0.3, 0.4) is 0 Å². The summed E-state index contributed by atoms with van der Waals surface area (Å²) in [4.78, 5) is 12.7. The highest BCUT2D eigenvalue weighted by Gasteiger charge is 2.48. The van der Waals surface area contributed by atoms with Crippen LogP contribution in [0.2, 0.25) is 0 Å². The molecule has 128 valence electrons. The van der Waals surface area contributed by atoms with E-state index in [-0.39, 0.29) is 28.9 Å². The van der Waals surface area contributed by atoms with E-state index in [9.17, 15) is 18.3 Å². The van der Waals surface area contributed by atoms with Crippen molar-refractivity contribution >= 4 is 16.2 Å². The van der Waals surface area contributed by atoms with Gasteiger partial charge in [0.05, 0.1) is 11.5 Å². The minimum Gasteiger partial charge on any atom is -0.465 e. The summed E-state index contributed by atoms with van der Waals surface area (Å²) in [6, 6.07) is 6.19. The zero-order valence-electron chi connectivity index (χ0n) is 13.8. The van der Waals surface area contributed by atoms with Crippen molar-refractivity contribution < 1.29 is 22.5 Å². The Morgan fingerprint density at radius 2 is 1.87 bits per heavy atom. The minimum absolute atomic E-state index is 0.0120. The second-order valence-corrected chi connectivity index (χ2v) is 8.67. The van der Waals surface area contributed by atoms with E-state index in [1.165, 1.54) is 17.0 Å². The van der Waals surface area contributed by atoms with Gasteiger partial charge in [0, 0.05) is 18.5 Å². The van der Waals surface area contributed by atoms with Gasteiger partial charge in [-0.1, -0.05) is 38.5 Å². The van der Waals surface area contributed by atoms with Gasteiger partial charge >= 0.3 is 6.09 Å². The summed E-state index contributed by atoms with van der Waals surface area (Å²) in [7, 11) is -3.82.